The second-order valence-corrected chi connectivity index (χ2v) is 5.09. The number of hydrogen-bond acceptors (Lipinski definition) is 0. The monoisotopic (exact) mass is 274 g/mol. The van der Waals surface area contributed by atoms with Gasteiger partial charge in [0.05, 0.1) is 9.65 Å². The Balaban J connectivity index is 3.72. The van der Waals surface area contributed by atoms with Gasteiger partial charge in [0.1, 0.15) is 0 Å². The summed E-state index contributed by atoms with van der Waals surface area (Å²) in [5.74, 6) is 4.94. The molecule has 0 aliphatic heterocycles. The number of rotatable bonds is 3. The average Bonchev–Trinajstić information content (AvgIpc) is 1.98. The van der Waals surface area contributed by atoms with E-state index < -0.39 is 0 Å². The van der Waals surface area contributed by atoms with Crippen molar-refractivity contribution in [2.75, 3.05) is 0 Å². The molecule has 0 aliphatic rings. The van der Waals surface area contributed by atoms with Crippen molar-refractivity contribution in [2.45, 2.75) is 10.2 Å². The Morgan fingerprint density at radius 1 is 1.27 bits per heavy atom. The van der Waals surface area contributed by atoms with Crippen LogP contribution in [0, 0.1) is 30.6 Å². The van der Waals surface area contributed by atoms with E-state index in [4.69, 9.17) is 12.8 Å². The van der Waals surface area contributed by atoms with Crippen molar-refractivity contribution < 1.29 is 0 Å². The average molecular weight is 276 g/mol. The molecule has 0 N–H and O–H groups in total. The van der Waals surface area contributed by atoms with Crippen molar-refractivity contribution in [3.63, 3.8) is 0 Å². The van der Waals surface area contributed by atoms with Crippen LogP contribution in [0.4, 0.5) is 0 Å². The lowest BCUT2D eigenvalue weighted by atomic mass is 10.1. The zero-order valence-electron chi connectivity index (χ0n) is 5.93. The van der Waals surface area contributed by atoms with Crippen LogP contribution in [0.5, 0.6) is 0 Å². The molecule has 0 radical (unpaired) electrons. The Morgan fingerprint density at radius 3 is 2.18 bits per heavy atom. The molecule has 0 aromatic rings. The first-order chi connectivity index (χ1) is 5.20. The first-order valence-electron chi connectivity index (χ1n) is 3.07. The van der Waals surface area contributed by atoms with E-state index in [0.717, 1.165) is 6.42 Å². The maximum absolute atomic E-state index is 5.15. The second kappa shape index (κ2) is 6.53. The van der Waals surface area contributed by atoms with Gasteiger partial charge in [0.25, 0.3) is 0 Å². The number of hydrogen-bond donors (Lipinski definition) is 0. The molecule has 0 saturated carbocycles. The summed E-state index contributed by atoms with van der Waals surface area (Å²) in [6, 6.07) is 0. The molecule has 0 bridgehead atoms. The predicted octanol–water partition coefficient (Wildman–Crippen LogP) is 2.93. The predicted molar refractivity (Wildman–Crippen MR) is 56.6 cm³/mol. The molecule has 2 heteroatoms. The first-order valence-corrected chi connectivity index (χ1v) is 4.91. The molecule has 0 aromatic carbocycles. The number of alkyl halides is 2. The standard InChI is InChI=1S/C9H8Br2/c1-3-8(4-2)6-5-7-9(10)11/h1-2,5,7-9H,6H2. The maximum atomic E-state index is 5.15. The van der Waals surface area contributed by atoms with Crippen LogP contribution in [-0.4, -0.2) is 3.74 Å². The molecule has 0 saturated heterocycles. The zero-order valence-corrected chi connectivity index (χ0v) is 9.10. The van der Waals surface area contributed by atoms with Gasteiger partial charge in [0, 0.05) is 0 Å². The Bertz CT molecular complexity index is 189. The molecule has 0 aromatic heterocycles. The summed E-state index contributed by atoms with van der Waals surface area (Å²) in [5.41, 5.74) is 0. The number of terminal acetylenes is 2. The molecule has 58 valence electrons. The third-order valence-corrected chi connectivity index (χ3v) is 1.67. The van der Waals surface area contributed by atoms with Crippen molar-refractivity contribution in [3.05, 3.63) is 12.2 Å². The summed E-state index contributed by atoms with van der Waals surface area (Å²) in [7, 11) is 0. The minimum atomic E-state index is -0.0787. The van der Waals surface area contributed by atoms with Gasteiger partial charge in [0.2, 0.25) is 0 Å². The summed E-state index contributed by atoms with van der Waals surface area (Å²) in [4.78, 5) is 0. The number of allylic oxidation sites excluding steroid dienone is 2. The molecule has 0 atom stereocenters. The van der Waals surface area contributed by atoms with Gasteiger partial charge in [-0.25, -0.2) is 0 Å². The van der Waals surface area contributed by atoms with E-state index in [0.29, 0.717) is 0 Å². The summed E-state index contributed by atoms with van der Waals surface area (Å²) < 4.78 is 0.200. The van der Waals surface area contributed by atoms with Crippen LogP contribution in [0.1, 0.15) is 6.42 Å². The van der Waals surface area contributed by atoms with E-state index in [1.54, 1.807) is 0 Å². The lowest BCUT2D eigenvalue weighted by Crippen LogP contribution is -1.89. The highest BCUT2D eigenvalue weighted by Crippen LogP contribution is 2.10. The second-order valence-electron chi connectivity index (χ2n) is 1.88. The minimum Gasteiger partial charge on any atom is -0.119 e. The summed E-state index contributed by atoms with van der Waals surface area (Å²) >= 11 is 6.59. The largest absolute Gasteiger partial charge is 0.119 e. The smallest absolute Gasteiger partial charge is 0.0877 e. The summed E-state index contributed by atoms with van der Waals surface area (Å²) in [5, 5.41) is 0. The third kappa shape index (κ3) is 6.23. The van der Waals surface area contributed by atoms with Gasteiger partial charge in [-0.3, -0.25) is 0 Å². The van der Waals surface area contributed by atoms with Crippen LogP contribution in [-0.2, 0) is 0 Å². The fraction of sp³-hybridized carbons (Fsp3) is 0.333. The minimum absolute atomic E-state index is 0.0787. The zero-order chi connectivity index (χ0) is 8.69. The van der Waals surface area contributed by atoms with E-state index in [1.807, 2.05) is 12.2 Å². The van der Waals surface area contributed by atoms with Crippen molar-refractivity contribution >= 4 is 31.9 Å². The number of halogens is 2. The van der Waals surface area contributed by atoms with Crippen LogP contribution in [0.3, 0.4) is 0 Å². The molecular weight excluding hydrogens is 268 g/mol. The van der Waals surface area contributed by atoms with E-state index in [-0.39, 0.29) is 9.65 Å². The van der Waals surface area contributed by atoms with E-state index in [2.05, 4.69) is 43.7 Å². The highest BCUT2D eigenvalue weighted by molar-refractivity contribution is 9.24. The van der Waals surface area contributed by atoms with Gasteiger partial charge in [-0.05, 0) is 6.42 Å². The third-order valence-electron chi connectivity index (χ3n) is 1.06. The Hall–Kier alpha value is -0.180. The fourth-order valence-electron chi connectivity index (χ4n) is 0.502. The van der Waals surface area contributed by atoms with Crippen LogP contribution in [0.2, 0.25) is 0 Å². The fourth-order valence-corrected chi connectivity index (χ4v) is 0.933. The topological polar surface area (TPSA) is 0 Å². The van der Waals surface area contributed by atoms with Crippen molar-refractivity contribution in [3.8, 4) is 24.7 Å². The lowest BCUT2D eigenvalue weighted by molar-refractivity contribution is 0.896. The Labute approximate surface area is 84.7 Å². The molecule has 0 spiro atoms. The van der Waals surface area contributed by atoms with E-state index in [1.165, 1.54) is 0 Å². The van der Waals surface area contributed by atoms with Crippen LogP contribution in [0.25, 0.3) is 0 Å². The molecule has 0 heterocycles. The van der Waals surface area contributed by atoms with E-state index >= 15 is 0 Å². The molecule has 0 nitrogen and oxygen atoms in total. The van der Waals surface area contributed by atoms with E-state index in [9.17, 15) is 0 Å². The van der Waals surface area contributed by atoms with Crippen LogP contribution in [0.15, 0.2) is 12.2 Å². The molecule has 0 rings (SSSR count). The van der Waals surface area contributed by atoms with Crippen molar-refractivity contribution in [1.29, 1.82) is 0 Å². The normalized spacial score (nSPS) is 10.4. The maximum Gasteiger partial charge on any atom is 0.0877 e. The quantitative estimate of drug-likeness (QED) is 0.422. The van der Waals surface area contributed by atoms with Crippen molar-refractivity contribution in [1.82, 2.24) is 0 Å². The van der Waals surface area contributed by atoms with Gasteiger partial charge in [-0.15, -0.1) is 12.8 Å². The highest BCUT2D eigenvalue weighted by atomic mass is 79.9. The Morgan fingerprint density at radius 2 is 1.82 bits per heavy atom. The first kappa shape index (κ1) is 10.8. The van der Waals surface area contributed by atoms with Crippen LogP contribution < -0.4 is 0 Å². The SMILES string of the molecule is C#CC(C#C)CC=CC(Br)Br. The molecule has 11 heavy (non-hydrogen) atoms. The summed E-state index contributed by atoms with van der Waals surface area (Å²) in [6.45, 7) is 0. The molecule has 0 fully saturated rings. The van der Waals surface area contributed by atoms with Gasteiger partial charge >= 0.3 is 0 Å². The molecular formula is C9H8Br2. The molecule has 0 unspecified atom stereocenters. The molecule has 0 amide bonds. The molecule has 0 aliphatic carbocycles. The van der Waals surface area contributed by atoms with Gasteiger partial charge < -0.3 is 0 Å². The summed E-state index contributed by atoms with van der Waals surface area (Å²) in [6.07, 6.45) is 14.9. The van der Waals surface area contributed by atoms with Crippen LogP contribution >= 0.6 is 31.9 Å². The van der Waals surface area contributed by atoms with Crippen molar-refractivity contribution in [2.24, 2.45) is 5.92 Å². The Kier molecular flexibility index (Phi) is 6.42. The highest BCUT2D eigenvalue weighted by Gasteiger charge is 1.95. The lowest BCUT2D eigenvalue weighted by Gasteiger charge is -1.95. The van der Waals surface area contributed by atoms with Gasteiger partial charge in [-0.2, -0.15) is 0 Å². The van der Waals surface area contributed by atoms with Gasteiger partial charge in [0.15, 0.2) is 0 Å². The van der Waals surface area contributed by atoms with Gasteiger partial charge in [-0.1, -0.05) is 55.9 Å².